The molecule has 1 aromatic heterocycles. The highest BCUT2D eigenvalue weighted by Gasteiger charge is 2.13. The van der Waals surface area contributed by atoms with Gasteiger partial charge in [0.1, 0.15) is 5.82 Å². The van der Waals surface area contributed by atoms with Gasteiger partial charge in [-0.2, -0.15) is 0 Å². The first-order chi connectivity index (χ1) is 9.19. The zero-order valence-electron chi connectivity index (χ0n) is 11.2. The van der Waals surface area contributed by atoms with Gasteiger partial charge in [0, 0.05) is 11.2 Å². The monoisotopic (exact) mass is 275 g/mol. The molecule has 1 unspecified atom stereocenters. The van der Waals surface area contributed by atoms with E-state index >= 15 is 0 Å². The number of halogens is 1. The van der Waals surface area contributed by atoms with Gasteiger partial charge >= 0.3 is 0 Å². The second-order valence-corrected chi connectivity index (χ2v) is 4.91. The minimum absolute atomic E-state index is 0.185. The molecule has 0 aliphatic carbocycles. The normalized spacial score (nSPS) is 12.4. The van der Waals surface area contributed by atoms with Gasteiger partial charge in [-0.3, -0.25) is 0 Å². The van der Waals surface area contributed by atoms with Crippen molar-refractivity contribution in [2.24, 2.45) is 0 Å². The van der Waals surface area contributed by atoms with E-state index in [1.807, 2.05) is 31.2 Å². The van der Waals surface area contributed by atoms with Crippen molar-refractivity contribution in [3.05, 3.63) is 58.6 Å². The van der Waals surface area contributed by atoms with Crippen LogP contribution in [0.3, 0.4) is 0 Å². The Morgan fingerprint density at radius 1 is 1.32 bits per heavy atom. The molecule has 2 rings (SSSR count). The number of hydrogen-bond acceptors (Lipinski definition) is 3. The molecule has 3 nitrogen and oxygen atoms in total. The highest BCUT2D eigenvalue weighted by molar-refractivity contribution is 6.30. The van der Waals surface area contributed by atoms with Crippen LogP contribution in [0.4, 0.5) is 0 Å². The Kier molecular flexibility index (Phi) is 4.88. The second kappa shape index (κ2) is 6.64. The number of hydrogen-bond donors (Lipinski definition) is 1. The van der Waals surface area contributed by atoms with Gasteiger partial charge in [0.05, 0.1) is 11.7 Å². The molecule has 100 valence electrons. The molecule has 4 heteroatoms. The lowest BCUT2D eigenvalue weighted by atomic mass is 10.0. The standard InChI is InChI=1S/C15H18ClN3/c1-3-17-15(14-7-8-18-11(2)19-14)10-12-5-4-6-13(16)9-12/h4-9,15,17H,3,10H2,1-2H3. The molecule has 1 aromatic carbocycles. The molecular weight excluding hydrogens is 258 g/mol. The predicted molar refractivity (Wildman–Crippen MR) is 78.3 cm³/mol. The molecule has 0 amide bonds. The van der Waals surface area contributed by atoms with E-state index in [2.05, 4.69) is 28.3 Å². The van der Waals surface area contributed by atoms with Crippen LogP contribution in [0.2, 0.25) is 5.02 Å². The number of aromatic nitrogens is 2. The van der Waals surface area contributed by atoms with Crippen molar-refractivity contribution in [2.45, 2.75) is 26.3 Å². The number of likely N-dealkylation sites (N-methyl/N-ethyl adjacent to an activating group) is 1. The second-order valence-electron chi connectivity index (χ2n) is 4.47. The molecule has 1 heterocycles. The minimum atomic E-state index is 0.185. The number of benzene rings is 1. The van der Waals surface area contributed by atoms with Crippen LogP contribution in [-0.4, -0.2) is 16.5 Å². The third kappa shape index (κ3) is 4.01. The molecule has 0 bridgehead atoms. The summed E-state index contributed by atoms with van der Waals surface area (Å²) < 4.78 is 0. The highest BCUT2D eigenvalue weighted by Crippen LogP contribution is 2.19. The van der Waals surface area contributed by atoms with Gasteiger partial charge in [-0.05, 0) is 43.7 Å². The Morgan fingerprint density at radius 2 is 2.16 bits per heavy atom. The third-order valence-electron chi connectivity index (χ3n) is 2.93. The summed E-state index contributed by atoms with van der Waals surface area (Å²) in [4.78, 5) is 8.65. The van der Waals surface area contributed by atoms with Crippen LogP contribution in [0.5, 0.6) is 0 Å². The zero-order valence-corrected chi connectivity index (χ0v) is 12.0. The van der Waals surface area contributed by atoms with Gasteiger partial charge < -0.3 is 5.32 Å². The van der Waals surface area contributed by atoms with E-state index in [0.29, 0.717) is 0 Å². The van der Waals surface area contributed by atoms with Crippen molar-refractivity contribution < 1.29 is 0 Å². The number of aryl methyl sites for hydroxylation is 1. The molecule has 1 N–H and O–H groups in total. The molecule has 0 saturated heterocycles. The smallest absolute Gasteiger partial charge is 0.125 e. The van der Waals surface area contributed by atoms with Crippen LogP contribution in [0.1, 0.15) is 30.0 Å². The molecule has 0 spiro atoms. The van der Waals surface area contributed by atoms with Crippen molar-refractivity contribution in [3.63, 3.8) is 0 Å². The third-order valence-corrected chi connectivity index (χ3v) is 3.17. The summed E-state index contributed by atoms with van der Waals surface area (Å²) in [6.07, 6.45) is 2.67. The van der Waals surface area contributed by atoms with Crippen LogP contribution in [0, 0.1) is 6.92 Å². The lowest BCUT2D eigenvalue weighted by molar-refractivity contribution is 0.534. The average molecular weight is 276 g/mol. The molecule has 0 aliphatic heterocycles. The van der Waals surface area contributed by atoms with Gasteiger partial charge in [0.25, 0.3) is 0 Å². The predicted octanol–water partition coefficient (Wildman–Crippen LogP) is 3.33. The van der Waals surface area contributed by atoms with E-state index in [1.165, 1.54) is 5.56 Å². The van der Waals surface area contributed by atoms with Crippen LogP contribution >= 0.6 is 11.6 Å². The molecule has 1 atom stereocenters. The van der Waals surface area contributed by atoms with Crippen LogP contribution < -0.4 is 5.32 Å². The Morgan fingerprint density at radius 3 is 2.84 bits per heavy atom. The number of nitrogens with one attached hydrogen (secondary N) is 1. The van der Waals surface area contributed by atoms with Crippen molar-refractivity contribution in [1.82, 2.24) is 15.3 Å². The zero-order chi connectivity index (χ0) is 13.7. The summed E-state index contributed by atoms with van der Waals surface area (Å²) >= 11 is 6.03. The van der Waals surface area contributed by atoms with Crippen LogP contribution in [0.25, 0.3) is 0 Å². The van der Waals surface area contributed by atoms with Crippen LogP contribution in [-0.2, 0) is 6.42 Å². The van der Waals surface area contributed by atoms with E-state index in [4.69, 9.17) is 11.6 Å². The first-order valence-corrected chi connectivity index (χ1v) is 6.84. The highest BCUT2D eigenvalue weighted by atomic mass is 35.5. The van der Waals surface area contributed by atoms with Crippen molar-refractivity contribution in [2.75, 3.05) is 6.54 Å². The Hall–Kier alpha value is -1.45. The van der Waals surface area contributed by atoms with Gasteiger partial charge in [0.15, 0.2) is 0 Å². The van der Waals surface area contributed by atoms with Gasteiger partial charge in [-0.15, -0.1) is 0 Å². The Bertz CT molecular complexity index is 542. The van der Waals surface area contributed by atoms with E-state index in [9.17, 15) is 0 Å². The number of nitrogens with zero attached hydrogens (tertiary/aromatic N) is 2. The molecular formula is C15H18ClN3. The molecule has 0 fully saturated rings. The maximum Gasteiger partial charge on any atom is 0.125 e. The largest absolute Gasteiger partial charge is 0.309 e. The molecule has 0 aliphatic rings. The molecule has 2 aromatic rings. The van der Waals surface area contributed by atoms with Crippen molar-refractivity contribution >= 4 is 11.6 Å². The van der Waals surface area contributed by atoms with Crippen molar-refractivity contribution in [3.8, 4) is 0 Å². The lowest BCUT2D eigenvalue weighted by Gasteiger charge is -2.17. The van der Waals surface area contributed by atoms with E-state index in [0.717, 1.165) is 29.5 Å². The van der Waals surface area contributed by atoms with Crippen molar-refractivity contribution in [1.29, 1.82) is 0 Å². The summed E-state index contributed by atoms with van der Waals surface area (Å²) in [5, 5.41) is 4.23. The summed E-state index contributed by atoms with van der Waals surface area (Å²) in [6.45, 7) is 4.90. The fourth-order valence-electron chi connectivity index (χ4n) is 2.10. The maximum absolute atomic E-state index is 6.03. The first-order valence-electron chi connectivity index (χ1n) is 6.46. The molecule has 0 saturated carbocycles. The Labute approximate surface area is 119 Å². The van der Waals surface area contributed by atoms with E-state index < -0.39 is 0 Å². The fourth-order valence-corrected chi connectivity index (χ4v) is 2.31. The SMILES string of the molecule is CCNC(Cc1cccc(Cl)c1)c1ccnc(C)n1. The summed E-state index contributed by atoms with van der Waals surface area (Å²) in [7, 11) is 0. The fraction of sp³-hybridized carbons (Fsp3) is 0.333. The van der Waals surface area contributed by atoms with Gasteiger partial charge in [0.2, 0.25) is 0 Å². The average Bonchev–Trinajstić information content (AvgIpc) is 2.38. The van der Waals surface area contributed by atoms with Gasteiger partial charge in [-0.1, -0.05) is 30.7 Å². The van der Waals surface area contributed by atoms with E-state index in [-0.39, 0.29) is 6.04 Å². The minimum Gasteiger partial charge on any atom is -0.309 e. The maximum atomic E-state index is 6.03. The van der Waals surface area contributed by atoms with Crippen LogP contribution in [0.15, 0.2) is 36.5 Å². The molecule has 19 heavy (non-hydrogen) atoms. The number of rotatable bonds is 5. The van der Waals surface area contributed by atoms with E-state index in [1.54, 1.807) is 6.20 Å². The lowest BCUT2D eigenvalue weighted by Crippen LogP contribution is -2.24. The Balaban J connectivity index is 2.21. The summed E-state index contributed by atoms with van der Waals surface area (Å²) in [5.74, 6) is 0.798. The first kappa shape index (κ1) is 14.0. The molecule has 0 radical (unpaired) electrons. The topological polar surface area (TPSA) is 37.8 Å². The quantitative estimate of drug-likeness (QED) is 0.909. The van der Waals surface area contributed by atoms with Gasteiger partial charge in [-0.25, -0.2) is 9.97 Å². The summed E-state index contributed by atoms with van der Waals surface area (Å²) in [5.41, 5.74) is 2.23. The summed E-state index contributed by atoms with van der Waals surface area (Å²) in [6, 6.07) is 10.1.